The number of hydrogen-bond donors (Lipinski definition) is 0. The standard InChI is InChI=1S/C38H76N2/c1-4-7-10-13-16-18-19-20-21-22-23-24-27-30-33-38-39(34-31-28-25-15-12-9-6-3)36-37-40(38)35-32-29-26-17-14-11-8-5-2/h36-38H,4-35H2,1-3H3. The lowest BCUT2D eigenvalue weighted by atomic mass is 10.0. The number of rotatable bonds is 32. The monoisotopic (exact) mass is 561 g/mol. The van der Waals surface area contributed by atoms with Crippen molar-refractivity contribution in [2.45, 2.75) is 220 Å². The lowest BCUT2D eigenvalue weighted by Gasteiger charge is -2.33. The van der Waals surface area contributed by atoms with E-state index >= 15 is 0 Å². The predicted octanol–water partition coefficient (Wildman–Crippen LogP) is 13.2. The molecule has 1 atom stereocenters. The van der Waals surface area contributed by atoms with E-state index in [9.17, 15) is 0 Å². The number of hydrogen-bond acceptors (Lipinski definition) is 2. The number of unbranched alkanes of at least 4 members (excludes halogenated alkanes) is 26. The first-order valence-corrected chi connectivity index (χ1v) is 19.0. The van der Waals surface area contributed by atoms with Crippen molar-refractivity contribution in [3.8, 4) is 0 Å². The van der Waals surface area contributed by atoms with Gasteiger partial charge in [-0.25, -0.2) is 0 Å². The second-order valence-corrected chi connectivity index (χ2v) is 13.2. The summed E-state index contributed by atoms with van der Waals surface area (Å²) in [5, 5.41) is 0. The quantitative estimate of drug-likeness (QED) is 0.0755. The molecule has 0 saturated heterocycles. The molecule has 0 radical (unpaired) electrons. The summed E-state index contributed by atoms with van der Waals surface area (Å²) < 4.78 is 0. The van der Waals surface area contributed by atoms with E-state index in [1.807, 2.05) is 0 Å². The molecule has 0 aromatic rings. The Bertz CT molecular complexity index is 516. The van der Waals surface area contributed by atoms with Gasteiger partial charge in [0, 0.05) is 25.5 Å². The van der Waals surface area contributed by atoms with Gasteiger partial charge in [-0.2, -0.15) is 0 Å². The van der Waals surface area contributed by atoms with Crippen molar-refractivity contribution in [1.82, 2.24) is 9.80 Å². The molecule has 40 heavy (non-hydrogen) atoms. The largest absolute Gasteiger partial charge is 0.356 e. The zero-order valence-electron chi connectivity index (χ0n) is 28.3. The molecule has 0 N–H and O–H groups in total. The summed E-state index contributed by atoms with van der Waals surface area (Å²) in [5.74, 6) is 0. The van der Waals surface area contributed by atoms with Crippen LogP contribution < -0.4 is 0 Å². The Labute approximate surface area is 254 Å². The van der Waals surface area contributed by atoms with Gasteiger partial charge in [0.25, 0.3) is 0 Å². The Morgan fingerprint density at radius 2 is 0.575 bits per heavy atom. The number of nitrogens with zero attached hydrogens (tertiary/aromatic N) is 2. The molecular weight excluding hydrogens is 484 g/mol. The molecule has 0 bridgehead atoms. The highest BCUT2D eigenvalue weighted by atomic mass is 15.4. The normalized spacial score (nSPS) is 15.1. The molecule has 0 amide bonds. The molecular formula is C38H76N2. The van der Waals surface area contributed by atoms with Crippen LogP contribution in [0.3, 0.4) is 0 Å². The van der Waals surface area contributed by atoms with Gasteiger partial charge in [0.2, 0.25) is 0 Å². The van der Waals surface area contributed by atoms with Crippen LogP contribution >= 0.6 is 0 Å². The zero-order chi connectivity index (χ0) is 28.8. The molecule has 1 heterocycles. The topological polar surface area (TPSA) is 6.48 Å². The van der Waals surface area contributed by atoms with Crippen LogP contribution in [0.15, 0.2) is 12.4 Å². The molecule has 0 spiro atoms. The fourth-order valence-corrected chi connectivity index (χ4v) is 6.54. The van der Waals surface area contributed by atoms with Crippen LogP contribution in [0.4, 0.5) is 0 Å². The Kier molecular flexibility index (Phi) is 27.9. The highest BCUT2D eigenvalue weighted by molar-refractivity contribution is 4.97. The summed E-state index contributed by atoms with van der Waals surface area (Å²) in [6, 6.07) is 0. The first-order valence-electron chi connectivity index (χ1n) is 19.0. The van der Waals surface area contributed by atoms with E-state index in [0.29, 0.717) is 6.17 Å². The lowest BCUT2D eigenvalue weighted by Crippen LogP contribution is -2.39. The van der Waals surface area contributed by atoms with Crippen molar-refractivity contribution in [2.75, 3.05) is 13.1 Å². The average molecular weight is 561 g/mol. The van der Waals surface area contributed by atoms with E-state index in [2.05, 4.69) is 43.0 Å². The molecule has 0 aromatic heterocycles. The summed E-state index contributed by atoms with van der Waals surface area (Å²) in [4.78, 5) is 5.42. The fraction of sp³-hybridized carbons (Fsp3) is 0.947. The summed E-state index contributed by atoms with van der Waals surface area (Å²) in [6.45, 7) is 9.47. The van der Waals surface area contributed by atoms with Crippen molar-refractivity contribution in [2.24, 2.45) is 0 Å². The van der Waals surface area contributed by atoms with Crippen LogP contribution in [0, 0.1) is 0 Å². The summed E-state index contributed by atoms with van der Waals surface area (Å²) in [5.41, 5.74) is 0. The minimum absolute atomic E-state index is 0.641. The van der Waals surface area contributed by atoms with Crippen molar-refractivity contribution in [1.29, 1.82) is 0 Å². The molecule has 0 aromatic carbocycles. The second-order valence-electron chi connectivity index (χ2n) is 13.2. The maximum Gasteiger partial charge on any atom is 0.101 e. The minimum atomic E-state index is 0.641. The van der Waals surface area contributed by atoms with Gasteiger partial charge in [0.1, 0.15) is 6.17 Å². The summed E-state index contributed by atoms with van der Waals surface area (Å²) in [7, 11) is 0. The Hall–Kier alpha value is -0.660. The van der Waals surface area contributed by atoms with E-state index in [0.717, 1.165) is 0 Å². The zero-order valence-corrected chi connectivity index (χ0v) is 28.3. The van der Waals surface area contributed by atoms with Gasteiger partial charge in [-0.15, -0.1) is 0 Å². The predicted molar refractivity (Wildman–Crippen MR) is 182 cm³/mol. The van der Waals surface area contributed by atoms with Crippen LogP contribution in [-0.2, 0) is 0 Å². The van der Waals surface area contributed by atoms with E-state index < -0.39 is 0 Å². The highest BCUT2D eigenvalue weighted by Crippen LogP contribution is 2.24. The minimum Gasteiger partial charge on any atom is -0.356 e. The van der Waals surface area contributed by atoms with Crippen LogP contribution in [0.1, 0.15) is 213 Å². The van der Waals surface area contributed by atoms with Gasteiger partial charge in [-0.3, -0.25) is 0 Å². The maximum absolute atomic E-state index is 2.71. The Balaban J connectivity index is 2.19. The van der Waals surface area contributed by atoms with Crippen LogP contribution in [0.2, 0.25) is 0 Å². The van der Waals surface area contributed by atoms with Gasteiger partial charge < -0.3 is 9.80 Å². The summed E-state index contributed by atoms with van der Waals surface area (Å²) >= 11 is 0. The third-order valence-electron chi connectivity index (χ3n) is 9.32. The fourth-order valence-electron chi connectivity index (χ4n) is 6.54. The molecule has 0 fully saturated rings. The Morgan fingerprint density at radius 1 is 0.325 bits per heavy atom. The van der Waals surface area contributed by atoms with E-state index in [1.165, 1.54) is 206 Å². The van der Waals surface area contributed by atoms with E-state index in [1.54, 1.807) is 0 Å². The molecule has 1 unspecified atom stereocenters. The van der Waals surface area contributed by atoms with Crippen molar-refractivity contribution >= 4 is 0 Å². The average Bonchev–Trinajstić information content (AvgIpc) is 3.35. The van der Waals surface area contributed by atoms with Gasteiger partial charge in [0.15, 0.2) is 0 Å². The molecule has 2 nitrogen and oxygen atoms in total. The first kappa shape index (κ1) is 37.4. The SMILES string of the molecule is CCCCCCCCCCCCCCCCC1N(CCCCCCCCC)C=CN1CCCCCCCCCC. The summed E-state index contributed by atoms with van der Waals surface area (Å²) in [6.07, 6.45) is 48.4. The molecule has 0 saturated carbocycles. The molecule has 238 valence electrons. The smallest absolute Gasteiger partial charge is 0.101 e. The van der Waals surface area contributed by atoms with Gasteiger partial charge in [-0.05, 0) is 25.7 Å². The van der Waals surface area contributed by atoms with Crippen molar-refractivity contribution < 1.29 is 0 Å². The first-order chi connectivity index (χ1) is 19.8. The third-order valence-corrected chi connectivity index (χ3v) is 9.32. The molecule has 0 aliphatic carbocycles. The maximum atomic E-state index is 2.71. The van der Waals surface area contributed by atoms with Crippen molar-refractivity contribution in [3.63, 3.8) is 0 Å². The van der Waals surface area contributed by atoms with E-state index in [-0.39, 0.29) is 0 Å². The molecule has 1 aliphatic heterocycles. The van der Waals surface area contributed by atoms with Crippen LogP contribution in [0.5, 0.6) is 0 Å². The second kappa shape index (κ2) is 29.8. The van der Waals surface area contributed by atoms with Gasteiger partial charge in [0.05, 0.1) is 0 Å². The molecule has 2 heteroatoms. The Morgan fingerprint density at radius 3 is 0.875 bits per heavy atom. The van der Waals surface area contributed by atoms with Crippen molar-refractivity contribution in [3.05, 3.63) is 12.4 Å². The molecule has 1 rings (SSSR count). The van der Waals surface area contributed by atoms with E-state index in [4.69, 9.17) is 0 Å². The third kappa shape index (κ3) is 22.0. The van der Waals surface area contributed by atoms with Crippen LogP contribution in [-0.4, -0.2) is 29.1 Å². The van der Waals surface area contributed by atoms with Crippen LogP contribution in [0.25, 0.3) is 0 Å². The lowest BCUT2D eigenvalue weighted by molar-refractivity contribution is 0.135. The van der Waals surface area contributed by atoms with Gasteiger partial charge >= 0.3 is 0 Å². The highest BCUT2D eigenvalue weighted by Gasteiger charge is 2.24. The van der Waals surface area contributed by atoms with Gasteiger partial charge in [-0.1, -0.05) is 188 Å². The molecule has 1 aliphatic rings.